The maximum atomic E-state index is 13.2. The van der Waals surface area contributed by atoms with E-state index < -0.39 is 0 Å². The average Bonchev–Trinajstić information content (AvgIpc) is 3.10. The van der Waals surface area contributed by atoms with Gasteiger partial charge >= 0.3 is 0 Å². The molecule has 0 fully saturated rings. The summed E-state index contributed by atoms with van der Waals surface area (Å²) in [7, 11) is 0. The molecule has 1 aromatic heterocycles. The number of carbonyl (C=O) groups is 1. The molecule has 26 heavy (non-hydrogen) atoms. The number of nitrogens with one attached hydrogen (secondary N) is 2. The van der Waals surface area contributed by atoms with Crippen LogP contribution in [-0.4, -0.2) is 21.6 Å². The van der Waals surface area contributed by atoms with E-state index in [-0.39, 0.29) is 23.3 Å². The molecule has 1 heterocycles. The van der Waals surface area contributed by atoms with Gasteiger partial charge in [-0.1, -0.05) is 23.9 Å². The van der Waals surface area contributed by atoms with Gasteiger partial charge in [0.15, 0.2) is 5.16 Å². The van der Waals surface area contributed by atoms with Crippen molar-refractivity contribution in [2.75, 3.05) is 5.75 Å². The van der Waals surface area contributed by atoms with E-state index in [9.17, 15) is 13.6 Å². The van der Waals surface area contributed by atoms with E-state index in [0.717, 1.165) is 16.8 Å². The first kappa shape index (κ1) is 18.1. The fourth-order valence-corrected chi connectivity index (χ4v) is 3.03. The van der Waals surface area contributed by atoms with Crippen molar-refractivity contribution in [1.29, 1.82) is 0 Å². The molecule has 0 bridgehead atoms. The number of aromatic amines is 1. The van der Waals surface area contributed by atoms with Crippen molar-refractivity contribution in [3.63, 3.8) is 0 Å². The average molecular weight is 373 g/mol. The number of aromatic nitrogens is 2. The number of H-pyrrole nitrogens is 1. The number of rotatable bonds is 6. The zero-order valence-electron chi connectivity index (χ0n) is 14.1. The van der Waals surface area contributed by atoms with Crippen molar-refractivity contribution in [3.05, 3.63) is 71.4 Å². The monoisotopic (exact) mass is 373 g/mol. The number of halogens is 2. The van der Waals surface area contributed by atoms with Crippen molar-refractivity contribution < 1.29 is 13.6 Å². The van der Waals surface area contributed by atoms with E-state index in [0.29, 0.717) is 17.3 Å². The molecule has 0 saturated heterocycles. The predicted octanol–water partition coefficient (Wildman–Crippen LogP) is 4.07. The van der Waals surface area contributed by atoms with E-state index in [1.165, 1.54) is 30.0 Å². The number of aryl methyl sites for hydroxylation is 1. The second-order valence-electron chi connectivity index (χ2n) is 5.76. The second-order valence-corrected chi connectivity index (χ2v) is 6.72. The highest BCUT2D eigenvalue weighted by atomic mass is 32.2. The van der Waals surface area contributed by atoms with Crippen LogP contribution in [0.3, 0.4) is 0 Å². The maximum absolute atomic E-state index is 13.2. The lowest BCUT2D eigenvalue weighted by atomic mass is 10.1. The van der Waals surface area contributed by atoms with Gasteiger partial charge < -0.3 is 10.3 Å². The Kier molecular flexibility index (Phi) is 5.68. The smallest absolute Gasteiger partial charge is 0.230 e. The second kappa shape index (κ2) is 8.14. The molecule has 0 aliphatic heterocycles. The Morgan fingerprint density at radius 1 is 1.19 bits per heavy atom. The predicted molar refractivity (Wildman–Crippen MR) is 97.7 cm³/mol. The van der Waals surface area contributed by atoms with Gasteiger partial charge in [0.05, 0.1) is 17.6 Å². The van der Waals surface area contributed by atoms with Gasteiger partial charge in [0, 0.05) is 6.54 Å². The Morgan fingerprint density at radius 3 is 2.69 bits per heavy atom. The number of benzene rings is 2. The van der Waals surface area contributed by atoms with Gasteiger partial charge in [0.25, 0.3) is 0 Å². The molecule has 134 valence electrons. The topological polar surface area (TPSA) is 57.8 Å². The molecule has 2 aromatic carbocycles. The van der Waals surface area contributed by atoms with Crippen LogP contribution in [0.1, 0.15) is 11.1 Å². The molecule has 3 aromatic rings. The van der Waals surface area contributed by atoms with Gasteiger partial charge in [0.2, 0.25) is 5.91 Å². The molecule has 0 saturated carbocycles. The third-order valence-corrected chi connectivity index (χ3v) is 4.65. The van der Waals surface area contributed by atoms with Gasteiger partial charge in [-0.25, -0.2) is 13.8 Å². The summed E-state index contributed by atoms with van der Waals surface area (Å²) >= 11 is 1.28. The molecule has 2 N–H and O–H groups in total. The van der Waals surface area contributed by atoms with Gasteiger partial charge in [-0.15, -0.1) is 0 Å². The van der Waals surface area contributed by atoms with Crippen LogP contribution >= 0.6 is 11.8 Å². The highest BCUT2D eigenvalue weighted by Crippen LogP contribution is 2.21. The summed E-state index contributed by atoms with van der Waals surface area (Å²) in [5.74, 6) is -0.491. The number of imidazole rings is 1. The minimum absolute atomic E-state index is 0.142. The zero-order valence-corrected chi connectivity index (χ0v) is 14.9. The normalized spacial score (nSPS) is 10.7. The SMILES string of the molecule is Cc1cc(CNC(=O)CSc2ncc(-c3ccc(F)cc3)[nH]2)ccc1F. The number of hydrogen-bond donors (Lipinski definition) is 2. The zero-order chi connectivity index (χ0) is 18.5. The Morgan fingerprint density at radius 2 is 1.96 bits per heavy atom. The summed E-state index contributed by atoms with van der Waals surface area (Å²) in [6.07, 6.45) is 1.65. The number of amides is 1. The fraction of sp³-hybridized carbons (Fsp3) is 0.158. The van der Waals surface area contributed by atoms with Crippen LogP contribution in [0.2, 0.25) is 0 Å². The van der Waals surface area contributed by atoms with E-state index in [1.54, 1.807) is 37.4 Å². The molecule has 0 spiro atoms. The van der Waals surface area contributed by atoms with Crippen LogP contribution in [0.25, 0.3) is 11.3 Å². The molecule has 0 radical (unpaired) electrons. The summed E-state index contributed by atoms with van der Waals surface area (Å²) in [6, 6.07) is 10.8. The Balaban J connectivity index is 1.50. The van der Waals surface area contributed by atoms with Gasteiger partial charge in [-0.05, 0) is 53.9 Å². The molecule has 0 unspecified atom stereocenters. The number of carbonyl (C=O) groups excluding carboxylic acids is 1. The van der Waals surface area contributed by atoms with E-state index in [2.05, 4.69) is 15.3 Å². The Hall–Kier alpha value is -2.67. The Labute approximate surface area is 154 Å². The first-order valence-electron chi connectivity index (χ1n) is 7.97. The number of hydrogen-bond acceptors (Lipinski definition) is 3. The van der Waals surface area contributed by atoms with Gasteiger partial charge in [-0.3, -0.25) is 4.79 Å². The lowest BCUT2D eigenvalue weighted by molar-refractivity contribution is -0.118. The fourth-order valence-electron chi connectivity index (χ4n) is 2.35. The molecular formula is C19H17F2N3OS. The standard InChI is InChI=1S/C19H17F2N3OS/c1-12-8-13(2-7-16(12)21)9-22-18(25)11-26-19-23-10-17(24-19)14-3-5-15(20)6-4-14/h2-8,10H,9,11H2,1H3,(H,22,25)(H,23,24). The van der Waals surface area contributed by atoms with Crippen molar-refractivity contribution in [3.8, 4) is 11.3 Å². The lowest BCUT2D eigenvalue weighted by Gasteiger charge is -2.06. The minimum Gasteiger partial charge on any atom is -0.351 e. The van der Waals surface area contributed by atoms with Crippen LogP contribution in [0.4, 0.5) is 8.78 Å². The first-order valence-corrected chi connectivity index (χ1v) is 8.95. The number of thioether (sulfide) groups is 1. The lowest BCUT2D eigenvalue weighted by Crippen LogP contribution is -2.24. The van der Waals surface area contributed by atoms with Crippen LogP contribution < -0.4 is 5.32 Å². The van der Waals surface area contributed by atoms with E-state index in [1.807, 2.05) is 0 Å². The molecular weight excluding hydrogens is 356 g/mol. The van der Waals surface area contributed by atoms with Crippen molar-refractivity contribution in [1.82, 2.24) is 15.3 Å². The summed E-state index contributed by atoms with van der Waals surface area (Å²) in [5.41, 5.74) is 2.98. The minimum atomic E-state index is -0.295. The van der Waals surface area contributed by atoms with Crippen molar-refractivity contribution in [2.24, 2.45) is 0 Å². The molecule has 4 nitrogen and oxygen atoms in total. The molecule has 3 rings (SSSR count). The molecule has 0 atom stereocenters. The van der Waals surface area contributed by atoms with Gasteiger partial charge in [-0.2, -0.15) is 0 Å². The summed E-state index contributed by atoms with van der Waals surface area (Å²) in [5, 5.41) is 3.40. The number of nitrogens with zero attached hydrogens (tertiary/aromatic N) is 1. The van der Waals surface area contributed by atoms with Gasteiger partial charge in [0.1, 0.15) is 11.6 Å². The summed E-state index contributed by atoms with van der Waals surface area (Å²) < 4.78 is 26.2. The molecule has 1 amide bonds. The largest absolute Gasteiger partial charge is 0.351 e. The molecule has 7 heteroatoms. The van der Waals surface area contributed by atoms with Crippen LogP contribution in [0, 0.1) is 18.6 Å². The quantitative estimate of drug-likeness (QED) is 0.641. The van der Waals surface area contributed by atoms with Crippen LogP contribution in [-0.2, 0) is 11.3 Å². The van der Waals surface area contributed by atoms with Crippen molar-refractivity contribution >= 4 is 17.7 Å². The highest BCUT2D eigenvalue weighted by Gasteiger charge is 2.08. The maximum Gasteiger partial charge on any atom is 0.230 e. The third-order valence-electron chi connectivity index (χ3n) is 3.76. The van der Waals surface area contributed by atoms with E-state index >= 15 is 0 Å². The molecule has 0 aliphatic rings. The van der Waals surface area contributed by atoms with Crippen LogP contribution in [0.15, 0.2) is 53.8 Å². The Bertz CT molecular complexity index is 909. The highest BCUT2D eigenvalue weighted by molar-refractivity contribution is 7.99. The summed E-state index contributed by atoms with van der Waals surface area (Å²) in [4.78, 5) is 19.3. The van der Waals surface area contributed by atoms with Crippen LogP contribution in [0.5, 0.6) is 0 Å². The summed E-state index contributed by atoms with van der Waals surface area (Å²) in [6.45, 7) is 2.03. The first-order chi connectivity index (χ1) is 12.5. The third kappa shape index (κ3) is 4.70. The molecule has 0 aliphatic carbocycles. The van der Waals surface area contributed by atoms with E-state index in [4.69, 9.17) is 0 Å². The van der Waals surface area contributed by atoms with Crippen molar-refractivity contribution in [2.45, 2.75) is 18.6 Å².